The molecular weight excluding hydrogens is 314 g/mol. The number of imidazole rings is 1. The molecule has 0 bridgehead atoms. The molecule has 1 aliphatic rings. The molecule has 1 aromatic carbocycles. The van der Waals surface area contributed by atoms with Gasteiger partial charge in [0.25, 0.3) is 0 Å². The second-order valence-corrected chi connectivity index (χ2v) is 6.36. The number of nitrogens with zero attached hydrogens (tertiary/aromatic N) is 4. The van der Waals surface area contributed by atoms with Gasteiger partial charge in [0.05, 0.1) is 11.0 Å². The number of carbonyl (C=O) groups is 1. The summed E-state index contributed by atoms with van der Waals surface area (Å²) in [5, 5.41) is 2.77. The highest BCUT2D eigenvalue weighted by Crippen LogP contribution is 2.33. The second kappa shape index (κ2) is 6.47. The molecule has 1 N–H and O–H groups in total. The van der Waals surface area contributed by atoms with Gasteiger partial charge in [0.15, 0.2) is 0 Å². The van der Waals surface area contributed by atoms with Crippen LogP contribution in [0.5, 0.6) is 0 Å². The summed E-state index contributed by atoms with van der Waals surface area (Å²) in [5.41, 5.74) is 3.47. The molecule has 0 spiro atoms. The van der Waals surface area contributed by atoms with Crippen molar-refractivity contribution in [3.63, 3.8) is 0 Å². The molecule has 0 atom stereocenters. The number of fused-ring (bicyclic) bond motifs is 1. The van der Waals surface area contributed by atoms with Crippen LogP contribution < -0.4 is 5.32 Å². The van der Waals surface area contributed by atoms with Gasteiger partial charge in [-0.1, -0.05) is 19.4 Å². The molecule has 25 heavy (non-hydrogen) atoms. The zero-order chi connectivity index (χ0) is 17.2. The number of nitrogens with one attached hydrogen (secondary N) is 1. The molecule has 0 radical (unpaired) electrons. The minimum Gasteiger partial charge on any atom is -0.322 e. The van der Waals surface area contributed by atoms with Gasteiger partial charge >= 0.3 is 0 Å². The van der Waals surface area contributed by atoms with E-state index in [0.29, 0.717) is 5.69 Å². The van der Waals surface area contributed by atoms with Crippen LogP contribution in [0.2, 0.25) is 0 Å². The largest absolute Gasteiger partial charge is 0.322 e. The van der Waals surface area contributed by atoms with Crippen LogP contribution in [0, 0.1) is 5.92 Å². The van der Waals surface area contributed by atoms with Crippen LogP contribution >= 0.6 is 0 Å². The molecule has 4 rings (SSSR count). The molecule has 1 aliphatic carbocycles. The highest BCUT2D eigenvalue weighted by atomic mass is 16.1. The van der Waals surface area contributed by atoms with Crippen molar-refractivity contribution < 1.29 is 4.79 Å². The van der Waals surface area contributed by atoms with Crippen molar-refractivity contribution in [3.8, 4) is 5.82 Å². The van der Waals surface area contributed by atoms with Crippen molar-refractivity contribution in [1.82, 2.24) is 19.5 Å². The Bertz CT molecular complexity index is 942. The van der Waals surface area contributed by atoms with Gasteiger partial charge in [0.2, 0.25) is 5.91 Å². The van der Waals surface area contributed by atoms with E-state index in [1.165, 1.54) is 25.3 Å². The smallest absolute Gasteiger partial charge is 0.247 e. The SMILES string of the molecule is C=CC(=O)Nc1ccc2ncn(-c3cc(CCC4CC4)ncn3)c2c1. The number of carbonyl (C=O) groups excluding carboxylic acids is 1. The summed E-state index contributed by atoms with van der Waals surface area (Å²) in [6.45, 7) is 3.47. The molecule has 2 aromatic heterocycles. The number of amides is 1. The van der Waals surface area contributed by atoms with Gasteiger partial charge in [-0.25, -0.2) is 15.0 Å². The Hall–Kier alpha value is -3.02. The summed E-state index contributed by atoms with van der Waals surface area (Å²) in [5.74, 6) is 1.42. The Morgan fingerprint density at radius 1 is 1.28 bits per heavy atom. The molecule has 0 aliphatic heterocycles. The first kappa shape index (κ1) is 15.5. The Morgan fingerprint density at radius 3 is 2.96 bits per heavy atom. The molecule has 1 fully saturated rings. The van der Waals surface area contributed by atoms with E-state index in [0.717, 1.165) is 34.9 Å². The van der Waals surface area contributed by atoms with Crippen molar-refractivity contribution in [2.75, 3.05) is 5.32 Å². The van der Waals surface area contributed by atoms with Crippen LogP contribution in [0.3, 0.4) is 0 Å². The first-order valence-corrected chi connectivity index (χ1v) is 8.45. The average Bonchev–Trinajstić information content (AvgIpc) is 3.38. The van der Waals surface area contributed by atoms with Gasteiger partial charge in [-0.05, 0) is 43.0 Å². The zero-order valence-electron chi connectivity index (χ0n) is 13.9. The number of aromatic nitrogens is 4. The molecular formula is C19H19N5O. The molecule has 2 heterocycles. The van der Waals surface area contributed by atoms with Crippen molar-refractivity contribution in [3.05, 3.63) is 55.3 Å². The van der Waals surface area contributed by atoms with E-state index in [-0.39, 0.29) is 5.91 Å². The standard InChI is InChI=1S/C19H19N5O/c1-2-19(25)23-15-7-8-16-17(9-15)24(12-22-16)18-10-14(20-11-21-18)6-5-13-3-4-13/h2,7-13H,1,3-6H2,(H,23,25). The van der Waals surface area contributed by atoms with E-state index in [1.807, 2.05) is 28.8 Å². The van der Waals surface area contributed by atoms with Crippen LogP contribution in [0.1, 0.15) is 25.0 Å². The molecule has 0 saturated heterocycles. The van der Waals surface area contributed by atoms with Gasteiger partial charge in [0, 0.05) is 17.4 Å². The minimum atomic E-state index is -0.241. The fraction of sp³-hybridized carbons (Fsp3) is 0.263. The van der Waals surface area contributed by atoms with E-state index in [4.69, 9.17) is 0 Å². The maximum absolute atomic E-state index is 11.5. The quantitative estimate of drug-likeness (QED) is 0.703. The van der Waals surface area contributed by atoms with Crippen LogP contribution in [0.25, 0.3) is 16.9 Å². The van der Waals surface area contributed by atoms with Gasteiger partial charge in [0.1, 0.15) is 18.5 Å². The predicted octanol–water partition coefficient (Wildman–Crippen LogP) is 3.28. The number of benzene rings is 1. The van der Waals surface area contributed by atoms with Crippen LogP contribution in [0.4, 0.5) is 5.69 Å². The summed E-state index contributed by atoms with van der Waals surface area (Å²) in [4.78, 5) is 24.7. The maximum Gasteiger partial charge on any atom is 0.247 e. The molecule has 1 saturated carbocycles. The topological polar surface area (TPSA) is 72.7 Å². The third-order valence-corrected chi connectivity index (χ3v) is 4.46. The lowest BCUT2D eigenvalue weighted by molar-refractivity contribution is -0.111. The lowest BCUT2D eigenvalue weighted by Gasteiger charge is -2.07. The predicted molar refractivity (Wildman–Crippen MR) is 96.5 cm³/mol. The Labute approximate surface area is 145 Å². The summed E-state index contributed by atoms with van der Waals surface area (Å²) in [6, 6.07) is 7.59. The Morgan fingerprint density at radius 2 is 2.16 bits per heavy atom. The monoisotopic (exact) mass is 333 g/mol. The molecule has 3 aromatic rings. The average molecular weight is 333 g/mol. The minimum absolute atomic E-state index is 0.241. The Balaban J connectivity index is 1.65. The van der Waals surface area contributed by atoms with E-state index in [1.54, 1.807) is 12.7 Å². The second-order valence-electron chi connectivity index (χ2n) is 6.36. The first-order chi connectivity index (χ1) is 12.2. The summed E-state index contributed by atoms with van der Waals surface area (Å²) >= 11 is 0. The molecule has 1 amide bonds. The van der Waals surface area contributed by atoms with E-state index >= 15 is 0 Å². The van der Waals surface area contributed by atoms with Crippen LogP contribution in [-0.4, -0.2) is 25.4 Å². The number of hydrogen-bond donors (Lipinski definition) is 1. The van der Waals surface area contributed by atoms with Crippen molar-refractivity contribution in [2.45, 2.75) is 25.7 Å². The van der Waals surface area contributed by atoms with Crippen molar-refractivity contribution in [2.24, 2.45) is 5.92 Å². The maximum atomic E-state index is 11.5. The molecule has 126 valence electrons. The Kier molecular flexibility index (Phi) is 4.01. The number of aryl methyl sites for hydroxylation is 1. The molecule has 0 unspecified atom stereocenters. The summed E-state index contributed by atoms with van der Waals surface area (Å²) in [6.07, 6.45) is 9.47. The summed E-state index contributed by atoms with van der Waals surface area (Å²) in [7, 11) is 0. The fourth-order valence-corrected chi connectivity index (χ4v) is 2.87. The van der Waals surface area contributed by atoms with Crippen molar-refractivity contribution in [1.29, 1.82) is 0 Å². The van der Waals surface area contributed by atoms with Crippen molar-refractivity contribution >= 4 is 22.6 Å². The lowest BCUT2D eigenvalue weighted by Crippen LogP contribution is -2.07. The lowest BCUT2D eigenvalue weighted by atomic mass is 10.1. The van der Waals surface area contributed by atoms with Crippen LogP contribution in [0.15, 0.2) is 49.6 Å². The highest BCUT2D eigenvalue weighted by Gasteiger charge is 2.21. The zero-order valence-corrected chi connectivity index (χ0v) is 13.9. The van der Waals surface area contributed by atoms with Gasteiger partial charge < -0.3 is 5.32 Å². The third kappa shape index (κ3) is 3.42. The molecule has 6 nitrogen and oxygen atoms in total. The normalized spacial score (nSPS) is 13.8. The third-order valence-electron chi connectivity index (χ3n) is 4.46. The number of rotatable bonds is 6. The van der Waals surface area contributed by atoms with Gasteiger partial charge in [-0.2, -0.15) is 0 Å². The molecule has 6 heteroatoms. The van der Waals surface area contributed by atoms with E-state index in [9.17, 15) is 4.79 Å². The first-order valence-electron chi connectivity index (χ1n) is 8.45. The van der Waals surface area contributed by atoms with Crippen LogP contribution in [-0.2, 0) is 11.2 Å². The number of anilines is 1. The van der Waals surface area contributed by atoms with E-state index < -0.39 is 0 Å². The number of hydrogen-bond acceptors (Lipinski definition) is 4. The summed E-state index contributed by atoms with van der Waals surface area (Å²) < 4.78 is 1.92. The van der Waals surface area contributed by atoms with Gasteiger partial charge in [-0.3, -0.25) is 9.36 Å². The fourth-order valence-electron chi connectivity index (χ4n) is 2.87. The highest BCUT2D eigenvalue weighted by molar-refractivity contribution is 6.00. The van der Waals surface area contributed by atoms with E-state index in [2.05, 4.69) is 26.8 Å². The van der Waals surface area contributed by atoms with Gasteiger partial charge in [-0.15, -0.1) is 0 Å².